The molecule has 3 rings (SSSR count). The van der Waals surface area contributed by atoms with Crippen molar-refractivity contribution < 1.29 is 0 Å². The number of hydrogen-bond acceptors (Lipinski definition) is 6. The van der Waals surface area contributed by atoms with Gasteiger partial charge in [0.25, 0.3) is 0 Å². The molecule has 0 amide bonds. The maximum Gasteiger partial charge on any atom is 0.170 e. The normalized spacial score (nSPS) is 12.5. The van der Waals surface area contributed by atoms with E-state index in [1.807, 2.05) is 44.3 Å². The number of hydrogen-bond donors (Lipinski definition) is 2. The highest BCUT2D eigenvalue weighted by Gasteiger charge is 2.13. The standard InChI is InChI=1S/C14H15N5S/c1-8-7-16-14(20-8)9(2)17-13-12(15)18-10-5-3-4-6-11(10)19-13/h3-7,9H,1-2H3,(H2,15,18)(H,17,19). The van der Waals surface area contributed by atoms with Crippen LogP contribution < -0.4 is 11.1 Å². The molecule has 0 bridgehead atoms. The van der Waals surface area contributed by atoms with E-state index in [-0.39, 0.29) is 6.04 Å². The number of nitrogens with zero attached hydrogens (tertiary/aromatic N) is 3. The van der Waals surface area contributed by atoms with Crippen LogP contribution in [-0.2, 0) is 0 Å². The van der Waals surface area contributed by atoms with E-state index in [4.69, 9.17) is 5.73 Å². The molecule has 0 aliphatic heterocycles. The summed E-state index contributed by atoms with van der Waals surface area (Å²) in [5.41, 5.74) is 7.59. The largest absolute Gasteiger partial charge is 0.381 e. The molecule has 0 saturated carbocycles. The SMILES string of the molecule is Cc1cnc(C(C)Nc2nc3ccccc3nc2N)s1. The van der Waals surface area contributed by atoms with Gasteiger partial charge in [0.05, 0.1) is 17.1 Å². The third kappa shape index (κ3) is 2.42. The van der Waals surface area contributed by atoms with Crippen LogP contribution in [0.25, 0.3) is 11.0 Å². The number of aryl methyl sites for hydroxylation is 1. The molecule has 6 heteroatoms. The highest BCUT2D eigenvalue weighted by molar-refractivity contribution is 7.11. The lowest BCUT2D eigenvalue weighted by Gasteiger charge is -2.13. The predicted octanol–water partition coefficient (Wildman–Crippen LogP) is 3.15. The zero-order valence-electron chi connectivity index (χ0n) is 11.3. The van der Waals surface area contributed by atoms with Crippen LogP contribution in [0.3, 0.4) is 0 Å². The topological polar surface area (TPSA) is 76.7 Å². The predicted molar refractivity (Wildman–Crippen MR) is 82.8 cm³/mol. The van der Waals surface area contributed by atoms with Crippen LogP contribution in [0.5, 0.6) is 0 Å². The van der Waals surface area contributed by atoms with E-state index in [1.54, 1.807) is 11.3 Å². The van der Waals surface area contributed by atoms with Gasteiger partial charge in [0.2, 0.25) is 0 Å². The Balaban J connectivity index is 1.92. The summed E-state index contributed by atoms with van der Waals surface area (Å²) in [7, 11) is 0. The maximum absolute atomic E-state index is 5.97. The van der Waals surface area contributed by atoms with Crippen molar-refractivity contribution in [3.05, 3.63) is 40.3 Å². The summed E-state index contributed by atoms with van der Waals surface area (Å²) in [5.74, 6) is 1.01. The summed E-state index contributed by atoms with van der Waals surface area (Å²) in [4.78, 5) is 14.4. The van der Waals surface area contributed by atoms with Crippen molar-refractivity contribution in [2.45, 2.75) is 19.9 Å². The number of benzene rings is 1. The van der Waals surface area contributed by atoms with Gasteiger partial charge in [-0.3, -0.25) is 0 Å². The first kappa shape index (κ1) is 12.8. The molecule has 2 heterocycles. The van der Waals surface area contributed by atoms with Crippen molar-refractivity contribution in [1.82, 2.24) is 15.0 Å². The summed E-state index contributed by atoms with van der Waals surface area (Å²) < 4.78 is 0. The van der Waals surface area contributed by atoms with Crippen molar-refractivity contribution >= 4 is 34.0 Å². The first-order valence-electron chi connectivity index (χ1n) is 6.34. The third-order valence-electron chi connectivity index (χ3n) is 2.96. The Hall–Kier alpha value is -2.21. The minimum atomic E-state index is 0.0477. The Morgan fingerprint density at radius 2 is 1.90 bits per heavy atom. The van der Waals surface area contributed by atoms with Crippen molar-refractivity contribution in [3.63, 3.8) is 0 Å². The Kier molecular flexibility index (Phi) is 3.23. The first-order valence-corrected chi connectivity index (χ1v) is 7.16. The number of anilines is 2. The van der Waals surface area contributed by atoms with Crippen LogP contribution >= 0.6 is 11.3 Å². The minimum absolute atomic E-state index is 0.0477. The average molecular weight is 285 g/mol. The number of fused-ring (bicyclic) bond motifs is 1. The molecule has 0 saturated heterocycles. The van der Waals surface area contributed by atoms with Crippen LogP contribution in [0.1, 0.15) is 22.9 Å². The molecule has 0 fully saturated rings. The zero-order valence-corrected chi connectivity index (χ0v) is 12.1. The van der Waals surface area contributed by atoms with Gasteiger partial charge in [-0.1, -0.05) is 12.1 Å². The molecule has 5 nitrogen and oxygen atoms in total. The van der Waals surface area contributed by atoms with Gasteiger partial charge < -0.3 is 11.1 Å². The number of nitrogens with two attached hydrogens (primary N) is 1. The van der Waals surface area contributed by atoms with Crippen LogP contribution in [0.4, 0.5) is 11.6 Å². The molecule has 102 valence electrons. The van der Waals surface area contributed by atoms with Gasteiger partial charge in [0.15, 0.2) is 11.6 Å². The van der Waals surface area contributed by atoms with E-state index in [2.05, 4.69) is 20.3 Å². The second-order valence-electron chi connectivity index (χ2n) is 4.62. The number of nitrogens with one attached hydrogen (secondary N) is 1. The molecule has 20 heavy (non-hydrogen) atoms. The molecular weight excluding hydrogens is 270 g/mol. The van der Waals surface area contributed by atoms with Crippen LogP contribution in [0, 0.1) is 6.92 Å². The number of rotatable bonds is 3. The number of aromatic nitrogens is 3. The molecule has 0 aliphatic carbocycles. The number of para-hydroxylation sites is 2. The van der Waals surface area contributed by atoms with E-state index < -0.39 is 0 Å². The van der Waals surface area contributed by atoms with Gasteiger partial charge in [-0.25, -0.2) is 15.0 Å². The summed E-state index contributed by atoms with van der Waals surface area (Å²) in [6.07, 6.45) is 1.87. The Bertz CT molecular complexity index is 752. The lowest BCUT2D eigenvalue weighted by atomic mass is 10.3. The lowest BCUT2D eigenvalue weighted by Crippen LogP contribution is -2.10. The quantitative estimate of drug-likeness (QED) is 0.773. The fourth-order valence-corrected chi connectivity index (χ4v) is 2.74. The lowest BCUT2D eigenvalue weighted by molar-refractivity contribution is 0.861. The second kappa shape index (κ2) is 5.05. The van der Waals surface area contributed by atoms with Crippen molar-refractivity contribution in [2.24, 2.45) is 0 Å². The molecule has 0 spiro atoms. The first-order chi connectivity index (χ1) is 9.63. The van der Waals surface area contributed by atoms with Gasteiger partial charge in [-0.15, -0.1) is 11.3 Å². The smallest absolute Gasteiger partial charge is 0.170 e. The van der Waals surface area contributed by atoms with E-state index in [9.17, 15) is 0 Å². The highest BCUT2D eigenvalue weighted by Crippen LogP contribution is 2.25. The van der Waals surface area contributed by atoms with E-state index in [0.29, 0.717) is 11.6 Å². The Labute approximate surface area is 120 Å². The van der Waals surface area contributed by atoms with Crippen LogP contribution in [0.15, 0.2) is 30.5 Å². The fourth-order valence-electron chi connectivity index (χ4n) is 1.96. The summed E-state index contributed by atoms with van der Waals surface area (Å²) in [6.45, 7) is 4.08. The van der Waals surface area contributed by atoms with Crippen molar-refractivity contribution in [2.75, 3.05) is 11.1 Å². The molecule has 2 aromatic heterocycles. The fraction of sp³-hybridized carbons (Fsp3) is 0.214. The van der Waals surface area contributed by atoms with Gasteiger partial charge >= 0.3 is 0 Å². The molecule has 0 radical (unpaired) electrons. The van der Waals surface area contributed by atoms with Crippen molar-refractivity contribution in [3.8, 4) is 0 Å². The van der Waals surface area contributed by atoms with Gasteiger partial charge in [-0.2, -0.15) is 0 Å². The molecule has 3 N–H and O–H groups in total. The Morgan fingerprint density at radius 3 is 2.55 bits per heavy atom. The molecular formula is C14H15N5S. The number of thiazole rings is 1. The number of nitrogen functional groups attached to an aromatic ring is 1. The summed E-state index contributed by atoms with van der Waals surface area (Å²) in [6, 6.07) is 7.72. The molecule has 3 aromatic rings. The Morgan fingerprint density at radius 1 is 1.20 bits per heavy atom. The van der Waals surface area contributed by atoms with Gasteiger partial charge in [0, 0.05) is 11.1 Å². The monoisotopic (exact) mass is 285 g/mol. The zero-order chi connectivity index (χ0) is 14.1. The highest BCUT2D eigenvalue weighted by atomic mass is 32.1. The molecule has 1 unspecified atom stereocenters. The second-order valence-corrected chi connectivity index (χ2v) is 5.89. The molecule has 1 aromatic carbocycles. The van der Waals surface area contributed by atoms with Gasteiger partial charge in [0.1, 0.15) is 5.01 Å². The van der Waals surface area contributed by atoms with E-state index >= 15 is 0 Å². The minimum Gasteiger partial charge on any atom is -0.381 e. The summed E-state index contributed by atoms with van der Waals surface area (Å²) in [5, 5.41) is 4.29. The van der Waals surface area contributed by atoms with E-state index in [1.165, 1.54) is 4.88 Å². The van der Waals surface area contributed by atoms with Gasteiger partial charge in [-0.05, 0) is 26.0 Å². The maximum atomic E-state index is 5.97. The van der Waals surface area contributed by atoms with Crippen molar-refractivity contribution in [1.29, 1.82) is 0 Å². The van der Waals surface area contributed by atoms with Crippen LogP contribution in [0.2, 0.25) is 0 Å². The van der Waals surface area contributed by atoms with Crippen LogP contribution in [-0.4, -0.2) is 15.0 Å². The summed E-state index contributed by atoms with van der Waals surface area (Å²) >= 11 is 1.66. The molecule has 1 atom stereocenters. The third-order valence-corrected chi connectivity index (χ3v) is 4.06. The average Bonchev–Trinajstić information content (AvgIpc) is 2.86. The molecule has 0 aliphatic rings. The van der Waals surface area contributed by atoms with E-state index in [0.717, 1.165) is 16.0 Å².